The minimum Gasteiger partial charge on any atom is -0.494 e. The molecule has 0 radical (unpaired) electrons. The first-order valence-electron chi connectivity index (χ1n) is 6.43. The summed E-state index contributed by atoms with van der Waals surface area (Å²) in [5, 5.41) is 0.242. The molecule has 0 heterocycles. The third-order valence-electron chi connectivity index (χ3n) is 3.14. The molecule has 0 spiro atoms. The first kappa shape index (κ1) is 14.4. The van der Waals surface area contributed by atoms with E-state index in [-0.39, 0.29) is 5.38 Å². The molecule has 0 fully saturated rings. The van der Waals surface area contributed by atoms with E-state index in [0.29, 0.717) is 11.8 Å². The third kappa shape index (κ3) is 5.45. The lowest BCUT2D eigenvalue weighted by Crippen LogP contribution is -2.18. The van der Waals surface area contributed by atoms with Gasteiger partial charge in [0.1, 0.15) is 5.75 Å². The number of benzene rings is 1. The monoisotopic (exact) mass is 254 g/mol. The maximum atomic E-state index is 6.19. The number of halogens is 1. The number of rotatable bonds is 7. The molecule has 0 aliphatic rings. The van der Waals surface area contributed by atoms with E-state index in [1.54, 1.807) is 0 Å². The molecule has 0 N–H and O–H groups in total. The minimum absolute atomic E-state index is 0.242. The van der Waals surface area contributed by atoms with Gasteiger partial charge in [0.25, 0.3) is 0 Å². The van der Waals surface area contributed by atoms with Gasteiger partial charge in [0.15, 0.2) is 0 Å². The van der Waals surface area contributed by atoms with Crippen molar-refractivity contribution in [2.24, 2.45) is 11.8 Å². The van der Waals surface area contributed by atoms with Gasteiger partial charge in [-0.2, -0.15) is 0 Å². The summed E-state index contributed by atoms with van der Waals surface area (Å²) in [6, 6.07) is 9.96. The van der Waals surface area contributed by atoms with E-state index in [9.17, 15) is 0 Å². The van der Waals surface area contributed by atoms with Crippen molar-refractivity contribution in [3.63, 3.8) is 0 Å². The van der Waals surface area contributed by atoms with Crippen molar-refractivity contribution in [3.05, 3.63) is 30.3 Å². The van der Waals surface area contributed by atoms with Gasteiger partial charge in [-0.05, 0) is 43.7 Å². The molecule has 0 bridgehead atoms. The summed E-state index contributed by atoms with van der Waals surface area (Å²) in [5.74, 6) is 2.17. The van der Waals surface area contributed by atoms with Gasteiger partial charge >= 0.3 is 0 Å². The van der Waals surface area contributed by atoms with Gasteiger partial charge < -0.3 is 4.74 Å². The van der Waals surface area contributed by atoms with E-state index in [0.717, 1.165) is 25.2 Å². The quantitative estimate of drug-likeness (QED) is 0.504. The molecule has 96 valence electrons. The minimum atomic E-state index is 0.242. The molecule has 2 unspecified atom stereocenters. The van der Waals surface area contributed by atoms with Crippen LogP contribution in [0.1, 0.15) is 33.6 Å². The largest absolute Gasteiger partial charge is 0.494 e. The second kappa shape index (κ2) is 7.60. The van der Waals surface area contributed by atoms with Crippen molar-refractivity contribution in [3.8, 4) is 5.75 Å². The van der Waals surface area contributed by atoms with Crippen molar-refractivity contribution >= 4 is 11.6 Å². The van der Waals surface area contributed by atoms with Crippen molar-refractivity contribution in [1.82, 2.24) is 0 Å². The molecular formula is C15H23ClO. The number of hydrogen-bond donors (Lipinski definition) is 0. The predicted octanol–water partition coefficient (Wildman–Crippen LogP) is 4.75. The Balaban J connectivity index is 2.23. The van der Waals surface area contributed by atoms with E-state index in [1.807, 2.05) is 30.3 Å². The Bertz CT molecular complexity index is 287. The number of ether oxygens (including phenoxy) is 1. The Labute approximate surface area is 110 Å². The van der Waals surface area contributed by atoms with Gasteiger partial charge in [-0.1, -0.05) is 32.0 Å². The van der Waals surface area contributed by atoms with Crippen LogP contribution >= 0.6 is 11.6 Å². The summed E-state index contributed by atoms with van der Waals surface area (Å²) in [6.45, 7) is 7.34. The Morgan fingerprint density at radius 3 is 2.29 bits per heavy atom. The summed E-state index contributed by atoms with van der Waals surface area (Å²) in [7, 11) is 0. The van der Waals surface area contributed by atoms with E-state index in [2.05, 4.69) is 20.8 Å². The Kier molecular flexibility index (Phi) is 6.43. The summed E-state index contributed by atoms with van der Waals surface area (Å²) in [5.41, 5.74) is 0. The predicted molar refractivity (Wildman–Crippen MR) is 74.8 cm³/mol. The van der Waals surface area contributed by atoms with E-state index >= 15 is 0 Å². The molecule has 0 aliphatic heterocycles. The molecule has 0 aliphatic carbocycles. The second-order valence-corrected chi connectivity index (χ2v) is 5.58. The Morgan fingerprint density at radius 1 is 1.12 bits per heavy atom. The van der Waals surface area contributed by atoms with Gasteiger partial charge in [-0.15, -0.1) is 11.6 Å². The molecule has 2 atom stereocenters. The zero-order chi connectivity index (χ0) is 12.7. The SMILES string of the molecule is CC(C)C(CCCOc1ccccc1)C(C)Cl. The Hall–Kier alpha value is -0.690. The molecule has 0 saturated heterocycles. The third-order valence-corrected chi connectivity index (χ3v) is 3.46. The van der Waals surface area contributed by atoms with Crippen LogP contribution in [0.4, 0.5) is 0 Å². The maximum Gasteiger partial charge on any atom is 0.119 e. The van der Waals surface area contributed by atoms with Gasteiger partial charge in [0, 0.05) is 5.38 Å². The van der Waals surface area contributed by atoms with Crippen LogP contribution in [0.15, 0.2) is 30.3 Å². The number of hydrogen-bond acceptors (Lipinski definition) is 1. The van der Waals surface area contributed by atoms with E-state index < -0.39 is 0 Å². The van der Waals surface area contributed by atoms with Gasteiger partial charge in [0.2, 0.25) is 0 Å². The van der Waals surface area contributed by atoms with Crippen LogP contribution in [-0.2, 0) is 0 Å². The smallest absolute Gasteiger partial charge is 0.119 e. The highest BCUT2D eigenvalue weighted by Crippen LogP contribution is 2.24. The topological polar surface area (TPSA) is 9.23 Å². The number of para-hydroxylation sites is 1. The first-order valence-corrected chi connectivity index (χ1v) is 6.87. The van der Waals surface area contributed by atoms with Crippen molar-refractivity contribution < 1.29 is 4.74 Å². The van der Waals surface area contributed by atoms with E-state index in [1.165, 1.54) is 0 Å². The van der Waals surface area contributed by atoms with Crippen LogP contribution in [-0.4, -0.2) is 12.0 Å². The fourth-order valence-corrected chi connectivity index (χ4v) is 2.54. The average Bonchev–Trinajstić information content (AvgIpc) is 2.29. The zero-order valence-electron chi connectivity index (χ0n) is 11.0. The normalized spacial score (nSPS) is 14.6. The summed E-state index contributed by atoms with van der Waals surface area (Å²) >= 11 is 6.19. The standard InChI is InChI=1S/C15H23ClO/c1-12(2)15(13(3)16)10-7-11-17-14-8-5-4-6-9-14/h4-6,8-9,12-13,15H,7,10-11H2,1-3H3. The van der Waals surface area contributed by atoms with E-state index in [4.69, 9.17) is 16.3 Å². The fourth-order valence-electron chi connectivity index (χ4n) is 2.12. The molecule has 0 amide bonds. The van der Waals surface area contributed by atoms with Crippen molar-refractivity contribution in [2.45, 2.75) is 39.0 Å². The number of alkyl halides is 1. The van der Waals surface area contributed by atoms with Crippen LogP contribution in [0.5, 0.6) is 5.75 Å². The summed E-state index contributed by atoms with van der Waals surface area (Å²) in [4.78, 5) is 0. The van der Waals surface area contributed by atoms with Crippen molar-refractivity contribution in [1.29, 1.82) is 0 Å². The lowest BCUT2D eigenvalue weighted by Gasteiger charge is -2.23. The lowest BCUT2D eigenvalue weighted by atomic mass is 9.89. The highest BCUT2D eigenvalue weighted by molar-refractivity contribution is 6.20. The molecule has 1 nitrogen and oxygen atoms in total. The van der Waals surface area contributed by atoms with Crippen molar-refractivity contribution in [2.75, 3.05) is 6.61 Å². The van der Waals surface area contributed by atoms with Crippen LogP contribution in [0.3, 0.4) is 0 Å². The summed E-state index contributed by atoms with van der Waals surface area (Å²) in [6.07, 6.45) is 2.20. The molecule has 0 aromatic heterocycles. The highest BCUT2D eigenvalue weighted by atomic mass is 35.5. The highest BCUT2D eigenvalue weighted by Gasteiger charge is 2.18. The molecule has 17 heavy (non-hydrogen) atoms. The molecular weight excluding hydrogens is 232 g/mol. The molecule has 1 aromatic carbocycles. The lowest BCUT2D eigenvalue weighted by molar-refractivity contribution is 0.270. The molecule has 1 aromatic rings. The molecule has 0 saturated carbocycles. The maximum absolute atomic E-state index is 6.19. The zero-order valence-corrected chi connectivity index (χ0v) is 11.8. The molecule has 1 rings (SSSR count). The van der Waals surface area contributed by atoms with Crippen LogP contribution < -0.4 is 4.74 Å². The van der Waals surface area contributed by atoms with Gasteiger partial charge in [-0.3, -0.25) is 0 Å². The van der Waals surface area contributed by atoms with Gasteiger partial charge in [0.05, 0.1) is 6.61 Å². The van der Waals surface area contributed by atoms with Gasteiger partial charge in [-0.25, -0.2) is 0 Å². The Morgan fingerprint density at radius 2 is 1.76 bits per heavy atom. The molecule has 2 heteroatoms. The van der Waals surface area contributed by atoms with Crippen LogP contribution in [0.25, 0.3) is 0 Å². The first-order chi connectivity index (χ1) is 8.11. The van der Waals surface area contributed by atoms with Crippen LogP contribution in [0.2, 0.25) is 0 Å². The average molecular weight is 255 g/mol. The second-order valence-electron chi connectivity index (χ2n) is 4.89. The van der Waals surface area contributed by atoms with Crippen LogP contribution in [0, 0.1) is 11.8 Å². The fraction of sp³-hybridized carbons (Fsp3) is 0.600. The summed E-state index contributed by atoms with van der Waals surface area (Å²) < 4.78 is 5.67.